The standard InChI is InChI=1S/C14H11BrO2S/c1-8-12(15)5-13(18-8)14(16)9-2-3-10-6-17-7-11(10)4-9/h2-5H,6-7H2,1H3. The van der Waals surface area contributed by atoms with Crippen LogP contribution in [0.5, 0.6) is 0 Å². The molecule has 2 heterocycles. The lowest BCUT2D eigenvalue weighted by Crippen LogP contribution is -1.99. The summed E-state index contributed by atoms with van der Waals surface area (Å²) in [4.78, 5) is 14.3. The maximum atomic E-state index is 12.4. The van der Waals surface area contributed by atoms with Crippen LogP contribution < -0.4 is 0 Å². The first-order valence-electron chi connectivity index (χ1n) is 5.65. The van der Waals surface area contributed by atoms with Crippen molar-refractivity contribution in [2.24, 2.45) is 0 Å². The van der Waals surface area contributed by atoms with E-state index < -0.39 is 0 Å². The van der Waals surface area contributed by atoms with Gasteiger partial charge < -0.3 is 4.74 Å². The van der Waals surface area contributed by atoms with Gasteiger partial charge in [0, 0.05) is 14.9 Å². The second-order valence-corrected chi connectivity index (χ2v) is 6.43. The highest BCUT2D eigenvalue weighted by molar-refractivity contribution is 9.10. The van der Waals surface area contributed by atoms with Gasteiger partial charge in [0.05, 0.1) is 18.1 Å². The molecule has 0 saturated carbocycles. The highest BCUT2D eigenvalue weighted by atomic mass is 79.9. The zero-order valence-corrected chi connectivity index (χ0v) is 12.2. The van der Waals surface area contributed by atoms with E-state index in [1.165, 1.54) is 16.9 Å². The number of aryl methyl sites for hydroxylation is 1. The number of benzene rings is 1. The van der Waals surface area contributed by atoms with Gasteiger partial charge in [-0.15, -0.1) is 11.3 Å². The van der Waals surface area contributed by atoms with E-state index >= 15 is 0 Å². The summed E-state index contributed by atoms with van der Waals surface area (Å²) in [7, 11) is 0. The minimum atomic E-state index is 0.0866. The fourth-order valence-electron chi connectivity index (χ4n) is 2.03. The highest BCUT2D eigenvalue weighted by Gasteiger charge is 2.17. The predicted octanol–water partition coefficient (Wildman–Crippen LogP) is 4.08. The molecule has 2 aromatic rings. The number of ether oxygens (including phenoxy) is 1. The molecule has 0 unspecified atom stereocenters. The summed E-state index contributed by atoms with van der Waals surface area (Å²) in [5, 5.41) is 0. The van der Waals surface area contributed by atoms with Gasteiger partial charge in [-0.05, 0) is 46.1 Å². The van der Waals surface area contributed by atoms with Crippen LogP contribution in [-0.2, 0) is 18.0 Å². The van der Waals surface area contributed by atoms with Crippen LogP contribution in [0.4, 0.5) is 0 Å². The Bertz CT molecular complexity index is 611. The van der Waals surface area contributed by atoms with Crippen molar-refractivity contribution in [1.82, 2.24) is 0 Å². The lowest BCUT2D eigenvalue weighted by atomic mass is 10.0. The molecule has 1 aliphatic heterocycles. The Morgan fingerprint density at radius 3 is 2.78 bits per heavy atom. The van der Waals surface area contributed by atoms with Crippen molar-refractivity contribution in [3.05, 3.63) is 55.2 Å². The van der Waals surface area contributed by atoms with Crippen molar-refractivity contribution >= 4 is 33.0 Å². The van der Waals surface area contributed by atoms with Crippen LogP contribution >= 0.6 is 27.3 Å². The van der Waals surface area contributed by atoms with E-state index in [1.807, 2.05) is 31.2 Å². The van der Waals surface area contributed by atoms with E-state index in [0.29, 0.717) is 13.2 Å². The van der Waals surface area contributed by atoms with Crippen LogP contribution in [-0.4, -0.2) is 5.78 Å². The number of thiophene rings is 1. The molecule has 3 rings (SSSR count). The van der Waals surface area contributed by atoms with E-state index in [4.69, 9.17) is 4.74 Å². The summed E-state index contributed by atoms with van der Waals surface area (Å²) in [6.45, 7) is 3.28. The van der Waals surface area contributed by atoms with Gasteiger partial charge in [-0.2, -0.15) is 0 Å². The van der Waals surface area contributed by atoms with Gasteiger partial charge >= 0.3 is 0 Å². The lowest BCUT2D eigenvalue weighted by Gasteiger charge is -2.01. The fraction of sp³-hybridized carbons (Fsp3) is 0.214. The molecule has 0 bridgehead atoms. The first-order chi connectivity index (χ1) is 8.65. The van der Waals surface area contributed by atoms with E-state index in [0.717, 1.165) is 25.4 Å². The predicted molar refractivity (Wildman–Crippen MR) is 75.1 cm³/mol. The number of ketones is 1. The maximum absolute atomic E-state index is 12.4. The summed E-state index contributed by atoms with van der Waals surface area (Å²) in [5.74, 6) is 0.0866. The van der Waals surface area contributed by atoms with Gasteiger partial charge in [0.15, 0.2) is 0 Å². The fourth-order valence-corrected chi connectivity index (χ4v) is 3.52. The van der Waals surface area contributed by atoms with Crippen molar-refractivity contribution in [1.29, 1.82) is 0 Å². The van der Waals surface area contributed by atoms with Gasteiger partial charge in [-0.1, -0.05) is 12.1 Å². The van der Waals surface area contributed by atoms with E-state index in [1.54, 1.807) is 0 Å². The Kier molecular flexibility index (Phi) is 3.09. The molecule has 1 aromatic carbocycles. The molecular weight excluding hydrogens is 312 g/mol. The summed E-state index contributed by atoms with van der Waals surface area (Å²) in [6.07, 6.45) is 0. The average Bonchev–Trinajstić information content (AvgIpc) is 2.95. The van der Waals surface area contributed by atoms with Crippen LogP contribution in [0, 0.1) is 6.92 Å². The van der Waals surface area contributed by atoms with E-state index in [-0.39, 0.29) is 5.78 Å². The third-order valence-electron chi connectivity index (χ3n) is 3.06. The topological polar surface area (TPSA) is 26.3 Å². The van der Waals surface area contributed by atoms with Crippen LogP contribution in [0.1, 0.15) is 31.2 Å². The van der Waals surface area contributed by atoms with Crippen molar-refractivity contribution < 1.29 is 9.53 Å². The summed E-state index contributed by atoms with van der Waals surface area (Å²) in [5.41, 5.74) is 3.07. The van der Waals surface area contributed by atoms with E-state index in [9.17, 15) is 4.79 Å². The Labute approximate surface area is 118 Å². The number of carbonyl (C=O) groups excluding carboxylic acids is 1. The summed E-state index contributed by atoms with van der Waals surface area (Å²) >= 11 is 4.97. The zero-order valence-electron chi connectivity index (χ0n) is 9.83. The minimum Gasteiger partial charge on any atom is -0.372 e. The molecule has 1 aliphatic rings. The minimum absolute atomic E-state index is 0.0866. The maximum Gasteiger partial charge on any atom is 0.203 e. The molecule has 0 radical (unpaired) electrons. The molecule has 0 N–H and O–H groups in total. The Hall–Kier alpha value is -0.970. The van der Waals surface area contributed by atoms with Gasteiger partial charge in [-0.3, -0.25) is 4.79 Å². The second kappa shape index (κ2) is 4.61. The quantitative estimate of drug-likeness (QED) is 0.779. The van der Waals surface area contributed by atoms with Crippen LogP contribution in [0.25, 0.3) is 0 Å². The molecule has 4 heteroatoms. The molecular formula is C14H11BrO2S. The van der Waals surface area contributed by atoms with Crippen molar-refractivity contribution in [3.8, 4) is 0 Å². The average molecular weight is 323 g/mol. The second-order valence-electron chi connectivity index (χ2n) is 4.32. The van der Waals surface area contributed by atoms with Crippen molar-refractivity contribution in [2.45, 2.75) is 20.1 Å². The summed E-state index contributed by atoms with van der Waals surface area (Å²) in [6, 6.07) is 7.73. The Morgan fingerprint density at radius 1 is 1.28 bits per heavy atom. The molecule has 1 aromatic heterocycles. The zero-order chi connectivity index (χ0) is 12.7. The molecule has 0 atom stereocenters. The third-order valence-corrected chi connectivity index (χ3v) is 5.20. The monoisotopic (exact) mass is 322 g/mol. The van der Waals surface area contributed by atoms with Gasteiger partial charge in [0.2, 0.25) is 5.78 Å². The van der Waals surface area contributed by atoms with Crippen LogP contribution in [0.2, 0.25) is 0 Å². The number of rotatable bonds is 2. The van der Waals surface area contributed by atoms with Gasteiger partial charge in [0.25, 0.3) is 0 Å². The molecule has 0 saturated heterocycles. The van der Waals surface area contributed by atoms with Crippen molar-refractivity contribution in [2.75, 3.05) is 0 Å². The molecule has 0 fully saturated rings. The van der Waals surface area contributed by atoms with Gasteiger partial charge in [0.1, 0.15) is 0 Å². The number of hydrogen-bond donors (Lipinski definition) is 0. The lowest BCUT2D eigenvalue weighted by molar-refractivity contribution is 0.104. The van der Waals surface area contributed by atoms with Gasteiger partial charge in [-0.25, -0.2) is 0 Å². The first kappa shape index (κ1) is 12.1. The number of fused-ring (bicyclic) bond motifs is 1. The smallest absolute Gasteiger partial charge is 0.203 e. The van der Waals surface area contributed by atoms with E-state index in [2.05, 4.69) is 15.9 Å². The van der Waals surface area contributed by atoms with Crippen LogP contribution in [0.3, 0.4) is 0 Å². The molecule has 18 heavy (non-hydrogen) atoms. The normalized spacial score (nSPS) is 13.7. The largest absolute Gasteiger partial charge is 0.372 e. The molecule has 0 spiro atoms. The summed E-state index contributed by atoms with van der Waals surface area (Å²) < 4.78 is 6.36. The third kappa shape index (κ3) is 2.05. The molecule has 0 amide bonds. The Morgan fingerprint density at radius 2 is 2.06 bits per heavy atom. The number of carbonyl (C=O) groups is 1. The molecule has 0 aliphatic carbocycles. The number of halogens is 1. The number of hydrogen-bond acceptors (Lipinski definition) is 3. The van der Waals surface area contributed by atoms with Crippen LogP contribution in [0.15, 0.2) is 28.7 Å². The Balaban J connectivity index is 1.97. The van der Waals surface area contributed by atoms with Crippen molar-refractivity contribution in [3.63, 3.8) is 0 Å². The highest BCUT2D eigenvalue weighted by Crippen LogP contribution is 2.29. The first-order valence-corrected chi connectivity index (χ1v) is 7.26. The SMILES string of the molecule is Cc1sc(C(=O)c2ccc3c(c2)COC3)cc1Br. The molecule has 2 nitrogen and oxygen atoms in total. The molecule has 92 valence electrons.